The van der Waals surface area contributed by atoms with Crippen LogP contribution in [0.3, 0.4) is 0 Å². The molecule has 0 amide bonds. The maximum atomic E-state index is 11.3. The molecule has 1 rings (SSSR count). The van der Waals surface area contributed by atoms with Gasteiger partial charge in [0.15, 0.2) is 0 Å². The van der Waals surface area contributed by atoms with Gasteiger partial charge in [-0.15, -0.1) is 0 Å². The van der Waals surface area contributed by atoms with E-state index in [0.717, 1.165) is 25.7 Å². The van der Waals surface area contributed by atoms with Gasteiger partial charge in [0.2, 0.25) is 0 Å². The van der Waals surface area contributed by atoms with Crippen molar-refractivity contribution in [1.29, 1.82) is 0 Å². The number of aliphatic hydroxyl groups is 1. The van der Waals surface area contributed by atoms with E-state index < -0.39 is 10.8 Å². The van der Waals surface area contributed by atoms with E-state index >= 15 is 0 Å². The summed E-state index contributed by atoms with van der Waals surface area (Å²) in [5, 5.41) is 9.54. The summed E-state index contributed by atoms with van der Waals surface area (Å²) in [6.07, 6.45) is 3.72. The smallest absolute Gasteiger partial charge is 0.0683 e. The van der Waals surface area contributed by atoms with Crippen molar-refractivity contribution in [3.8, 4) is 0 Å². The summed E-state index contributed by atoms with van der Waals surface area (Å²) in [7, 11) is -0.794. The van der Waals surface area contributed by atoms with Gasteiger partial charge in [-0.05, 0) is 12.8 Å². The number of aliphatic hydroxyl groups excluding tert-OH is 1. The molecule has 1 fully saturated rings. The first-order valence-electron chi connectivity index (χ1n) is 4.31. The molecular weight excluding hydrogens is 160 g/mol. The van der Waals surface area contributed by atoms with Crippen molar-refractivity contribution in [1.82, 2.24) is 0 Å². The summed E-state index contributed by atoms with van der Waals surface area (Å²) in [5.41, 5.74) is 0. The van der Waals surface area contributed by atoms with Gasteiger partial charge in [-0.25, -0.2) is 0 Å². The van der Waals surface area contributed by atoms with E-state index in [1.165, 1.54) is 0 Å². The first-order valence-corrected chi connectivity index (χ1v) is 5.69. The molecule has 0 saturated heterocycles. The van der Waals surface area contributed by atoms with E-state index in [-0.39, 0.29) is 11.4 Å². The van der Waals surface area contributed by atoms with Crippen molar-refractivity contribution in [2.24, 2.45) is 0 Å². The highest BCUT2D eigenvalue weighted by molar-refractivity contribution is 7.85. The van der Waals surface area contributed by atoms with Crippen LogP contribution in [0, 0.1) is 0 Å². The maximum Gasteiger partial charge on any atom is 0.0683 e. The van der Waals surface area contributed by atoms with Crippen LogP contribution in [0.1, 0.15) is 32.6 Å². The predicted molar refractivity (Wildman–Crippen MR) is 46.9 cm³/mol. The molecule has 1 aliphatic rings. The molecule has 1 saturated carbocycles. The minimum atomic E-state index is -0.794. The molecule has 0 heterocycles. The van der Waals surface area contributed by atoms with Gasteiger partial charge < -0.3 is 5.11 Å². The third kappa shape index (κ3) is 2.27. The molecule has 66 valence electrons. The van der Waals surface area contributed by atoms with E-state index in [1.807, 2.05) is 6.92 Å². The molecule has 2 nitrogen and oxygen atoms in total. The Morgan fingerprint density at radius 2 is 2.09 bits per heavy atom. The SMILES string of the molecule is CC[S@@](=O)[C@@H]1CCCC[C@H]1O. The standard InChI is InChI=1S/C8H16O2S/c1-2-11(10)8-6-4-3-5-7(8)9/h7-9H,2-6H2,1H3/t7-,8-,11-/m1/s1. The highest BCUT2D eigenvalue weighted by Gasteiger charge is 2.26. The van der Waals surface area contributed by atoms with Gasteiger partial charge in [-0.2, -0.15) is 0 Å². The highest BCUT2D eigenvalue weighted by Crippen LogP contribution is 2.22. The third-order valence-electron chi connectivity index (χ3n) is 2.29. The minimum Gasteiger partial charge on any atom is -0.392 e. The van der Waals surface area contributed by atoms with Crippen LogP contribution in [0.5, 0.6) is 0 Å². The normalized spacial score (nSPS) is 35.1. The molecule has 0 aromatic carbocycles. The average Bonchev–Trinajstić information content (AvgIpc) is 2.04. The summed E-state index contributed by atoms with van der Waals surface area (Å²) < 4.78 is 11.3. The van der Waals surface area contributed by atoms with Gasteiger partial charge >= 0.3 is 0 Å². The molecule has 3 atom stereocenters. The van der Waals surface area contributed by atoms with Gasteiger partial charge in [0.1, 0.15) is 0 Å². The molecular formula is C8H16O2S. The van der Waals surface area contributed by atoms with Crippen molar-refractivity contribution in [3.05, 3.63) is 0 Å². The molecule has 0 bridgehead atoms. The molecule has 0 unspecified atom stereocenters. The fourth-order valence-electron chi connectivity index (χ4n) is 1.60. The molecule has 1 N–H and O–H groups in total. The molecule has 1 aliphatic carbocycles. The predicted octanol–water partition coefficient (Wildman–Crippen LogP) is 1.06. The fourth-order valence-corrected chi connectivity index (χ4v) is 2.94. The van der Waals surface area contributed by atoms with E-state index in [2.05, 4.69) is 0 Å². The first kappa shape index (κ1) is 9.20. The van der Waals surface area contributed by atoms with Crippen LogP contribution in [0.2, 0.25) is 0 Å². The number of hydrogen-bond donors (Lipinski definition) is 1. The Kier molecular flexibility index (Phi) is 3.52. The number of hydrogen-bond acceptors (Lipinski definition) is 2. The Morgan fingerprint density at radius 3 is 2.64 bits per heavy atom. The van der Waals surface area contributed by atoms with Gasteiger partial charge in [0, 0.05) is 16.6 Å². The molecule has 0 aliphatic heterocycles. The monoisotopic (exact) mass is 176 g/mol. The lowest BCUT2D eigenvalue weighted by atomic mass is 9.97. The van der Waals surface area contributed by atoms with E-state index in [1.54, 1.807) is 0 Å². The van der Waals surface area contributed by atoms with Crippen molar-refractivity contribution in [2.45, 2.75) is 44.0 Å². The number of rotatable bonds is 2. The maximum absolute atomic E-state index is 11.3. The lowest BCUT2D eigenvalue weighted by Gasteiger charge is -2.26. The second kappa shape index (κ2) is 4.21. The van der Waals surface area contributed by atoms with Gasteiger partial charge in [0.25, 0.3) is 0 Å². The second-order valence-corrected chi connectivity index (χ2v) is 5.00. The Hall–Kier alpha value is 0.110. The van der Waals surface area contributed by atoms with Crippen LogP contribution in [-0.2, 0) is 10.8 Å². The molecule has 0 radical (unpaired) electrons. The van der Waals surface area contributed by atoms with Crippen molar-refractivity contribution in [3.63, 3.8) is 0 Å². The average molecular weight is 176 g/mol. The Balaban J connectivity index is 2.47. The van der Waals surface area contributed by atoms with Crippen LogP contribution in [-0.4, -0.2) is 26.4 Å². The highest BCUT2D eigenvalue weighted by atomic mass is 32.2. The zero-order chi connectivity index (χ0) is 8.27. The minimum absolute atomic E-state index is 0.0637. The molecule has 0 spiro atoms. The van der Waals surface area contributed by atoms with Gasteiger partial charge in [0.05, 0.1) is 11.4 Å². The van der Waals surface area contributed by atoms with Crippen LogP contribution in [0.25, 0.3) is 0 Å². The van der Waals surface area contributed by atoms with Crippen LogP contribution in [0.15, 0.2) is 0 Å². The molecule has 0 aromatic rings. The lowest BCUT2D eigenvalue weighted by Crippen LogP contribution is -2.34. The topological polar surface area (TPSA) is 37.3 Å². The lowest BCUT2D eigenvalue weighted by molar-refractivity contribution is 0.135. The van der Waals surface area contributed by atoms with Crippen LogP contribution in [0.4, 0.5) is 0 Å². The van der Waals surface area contributed by atoms with E-state index in [9.17, 15) is 9.32 Å². The second-order valence-electron chi connectivity index (χ2n) is 3.06. The molecule has 11 heavy (non-hydrogen) atoms. The summed E-state index contributed by atoms with van der Waals surface area (Å²) in [6.45, 7) is 1.91. The van der Waals surface area contributed by atoms with Crippen LogP contribution >= 0.6 is 0 Å². The zero-order valence-corrected chi connectivity index (χ0v) is 7.77. The van der Waals surface area contributed by atoms with E-state index in [0.29, 0.717) is 5.75 Å². The summed E-state index contributed by atoms with van der Waals surface area (Å²) in [4.78, 5) is 0. The summed E-state index contributed by atoms with van der Waals surface area (Å²) in [6, 6.07) is 0. The van der Waals surface area contributed by atoms with Gasteiger partial charge in [-0.3, -0.25) is 4.21 Å². The fraction of sp³-hybridized carbons (Fsp3) is 1.00. The van der Waals surface area contributed by atoms with Crippen LogP contribution < -0.4 is 0 Å². The molecule has 3 heteroatoms. The Labute approximate surface area is 70.5 Å². The zero-order valence-electron chi connectivity index (χ0n) is 6.95. The van der Waals surface area contributed by atoms with Gasteiger partial charge in [-0.1, -0.05) is 19.8 Å². The Morgan fingerprint density at radius 1 is 1.45 bits per heavy atom. The first-order chi connectivity index (χ1) is 5.25. The van der Waals surface area contributed by atoms with Crippen molar-refractivity contribution < 1.29 is 9.32 Å². The molecule has 0 aromatic heterocycles. The largest absolute Gasteiger partial charge is 0.392 e. The Bertz CT molecular complexity index is 147. The summed E-state index contributed by atoms with van der Waals surface area (Å²) in [5.74, 6) is 0.682. The summed E-state index contributed by atoms with van der Waals surface area (Å²) >= 11 is 0. The quantitative estimate of drug-likeness (QED) is 0.683. The third-order valence-corrected chi connectivity index (χ3v) is 4.08. The van der Waals surface area contributed by atoms with Crippen molar-refractivity contribution in [2.75, 3.05) is 5.75 Å². The van der Waals surface area contributed by atoms with E-state index in [4.69, 9.17) is 0 Å². The van der Waals surface area contributed by atoms with Crippen molar-refractivity contribution >= 4 is 10.8 Å².